The molecule has 0 fully saturated rings. The van der Waals surface area contributed by atoms with E-state index >= 15 is 0 Å². The van der Waals surface area contributed by atoms with Crippen LogP contribution in [0.2, 0.25) is 0 Å². The summed E-state index contributed by atoms with van der Waals surface area (Å²) in [6, 6.07) is 7.80. The third-order valence-electron chi connectivity index (χ3n) is 3.93. The molecule has 1 aliphatic rings. The van der Waals surface area contributed by atoms with Gasteiger partial charge in [-0.3, -0.25) is 4.79 Å². The molecule has 3 nitrogen and oxygen atoms in total. The lowest BCUT2D eigenvalue weighted by atomic mass is 9.92. The third-order valence-corrected chi connectivity index (χ3v) is 4.15. The highest BCUT2D eigenvalue weighted by Crippen LogP contribution is 2.33. The molecule has 4 heteroatoms. The Hall–Kier alpha value is -1.22. The molecule has 1 amide bonds. The topological polar surface area (TPSA) is 38.3 Å². The molecule has 2 rings (SSSR count). The number of hydrogen-bond acceptors (Lipinski definition) is 2. The second kappa shape index (κ2) is 7.53. The fourth-order valence-corrected chi connectivity index (χ4v) is 2.90. The Bertz CT molecular complexity index is 450. The number of carbonyl (C=O) groups excluding carboxylic acids is 1. The molecule has 0 spiro atoms. The van der Waals surface area contributed by atoms with Gasteiger partial charge in [0, 0.05) is 18.0 Å². The van der Waals surface area contributed by atoms with Crippen LogP contribution in [0.5, 0.6) is 5.75 Å². The highest BCUT2D eigenvalue weighted by atomic mass is 35.5. The maximum absolute atomic E-state index is 12.4. The highest BCUT2D eigenvalue weighted by molar-refractivity contribution is 6.17. The number of amides is 1. The normalized spacial score (nSPS) is 18.8. The standard InChI is InChI=1S/C16H22ClNO2/c1-2-12(7-9-17)11-18-16(19)14-8-10-20-15-6-4-3-5-13(14)15/h3-6,12,14H,2,7-11H2,1H3,(H,18,19). The van der Waals surface area contributed by atoms with Gasteiger partial charge in [-0.1, -0.05) is 31.5 Å². The van der Waals surface area contributed by atoms with Gasteiger partial charge in [0.15, 0.2) is 0 Å². The van der Waals surface area contributed by atoms with E-state index in [1.54, 1.807) is 0 Å². The van der Waals surface area contributed by atoms with E-state index < -0.39 is 0 Å². The molecule has 20 heavy (non-hydrogen) atoms. The summed E-state index contributed by atoms with van der Waals surface area (Å²) >= 11 is 5.78. The molecule has 0 saturated heterocycles. The predicted molar refractivity (Wildman–Crippen MR) is 81.4 cm³/mol. The Balaban J connectivity index is 1.97. The van der Waals surface area contributed by atoms with Gasteiger partial charge in [0.2, 0.25) is 5.91 Å². The molecule has 0 aromatic heterocycles. The van der Waals surface area contributed by atoms with Crippen LogP contribution in [0.25, 0.3) is 0 Å². The van der Waals surface area contributed by atoms with Crippen LogP contribution in [0.15, 0.2) is 24.3 Å². The van der Waals surface area contributed by atoms with Gasteiger partial charge >= 0.3 is 0 Å². The van der Waals surface area contributed by atoms with Gasteiger partial charge < -0.3 is 10.1 Å². The number of hydrogen-bond donors (Lipinski definition) is 1. The van der Waals surface area contributed by atoms with Crippen molar-refractivity contribution in [3.8, 4) is 5.75 Å². The molecule has 0 saturated carbocycles. The quantitative estimate of drug-likeness (QED) is 0.818. The van der Waals surface area contributed by atoms with Crippen LogP contribution in [0, 0.1) is 5.92 Å². The van der Waals surface area contributed by atoms with Crippen molar-refractivity contribution in [3.05, 3.63) is 29.8 Å². The lowest BCUT2D eigenvalue weighted by Gasteiger charge is -2.25. The monoisotopic (exact) mass is 295 g/mol. The molecule has 0 bridgehead atoms. The smallest absolute Gasteiger partial charge is 0.227 e. The summed E-state index contributed by atoms with van der Waals surface area (Å²) in [4.78, 5) is 12.4. The number of nitrogens with one attached hydrogen (secondary N) is 1. The fraction of sp³-hybridized carbons (Fsp3) is 0.562. The summed E-state index contributed by atoms with van der Waals surface area (Å²) in [5.41, 5.74) is 1.00. The summed E-state index contributed by atoms with van der Waals surface area (Å²) in [7, 11) is 0. The van der Waals surface area contributed by atoms with Crippen LogP contribution < -0.4 is 10.1 Å². The van der Waals surface area contributed by atoms with Gasteiger partial charge in [-0.15, -0.1) is 11.6 Å². The van der Waals surface area contributed by atoms with Gasteiger partial charge in [-0.2, -0.15) is 0 Å². The van der Waals surface area contributed by atoms with E-state index in [0.717, 1.165) is 30.6 Å². The van der Waals surface area contributed by atoms with Gasteiger partial charge in [0.05, 0.1) is 12.5 Å². The molecular weight excluding hydrogens is 274 g/mol. The summed E-state index contributed by atoms with van der Waals surface area (Å²) in [5.74, 6) is 1.97. The summed E-state index contributed by atoms with van der Waals surface area (Å²) in [5, 5.41) is 3.08. The van der Waals surface area contributed by atoms with E-state index in [0.29, 0.717) is 24.9 Å². The molecule has 1 aliphatic heterocycles. The van der Waals surface area contributed by atoms with Crippen molar-refractivity contribution in [1.29, 1.82) is 0 Å². The molecule has 1 N–H and O–H groups in total. The number of para-hydroxylation sites is 1. The SMILES string of the molecule is CCC(CCCl)CNC(=O)C1CCOc2ccccc21. The van der Waals surface area contributed by atoms with E-state index in [1.807, 2.05) is 24.3 Å². The first-order chi connectivity index (χ1) is 9.76. The van der Waals surface area contributed by atoms with Crippen molar-refractivity contribution in [2.75, 3.05) is 19.0 Å². The van der Waals surface area contributed by atoms with Gasteiger partial charge in [0.25, 0.3) is 0 Å². The van der Waals surface area contributed by atoms with Crippen LogP contribution in [0.3, 0.4) is 0 Å². The zero-order valence-corrected chi connectivity index (χ0v) is 12.7. The summed E-state index contributed by atoms with van der Waals surface area (Å²) in [6.45, 7) is 3.45. The number of alkyl halides is 1. The Morgan fingerprint density at radius 2 is 2.30 bits per heavy atom. The maximum Gasteiger partial charge on any atom is 0.227 e. The number of halogens is 1. The first kappa shape index (κ1) is 15.2. The van der Waals surface area contributed by atoms with Gasteiger partial charge in [-0.25, -0.2) is 0 Å². The van der Waals surface area contributed by atoms with E-state index in [4.69, 9.17) is 16.3 Å². The van der Waals surface area contributed by atoms with Crippen LogP contribution >= 0.6 is 11.6 Å². The number of fused-ring (bicyclic) bond motifs is 1. The Morgan fingerprint density at radius 1 is 1.50 bits per heavy atom. The van der Waals surface area contributed by atoms with Gasteiger partial charge in [0.1, 0.15) is 5.75 Å². The second-order valence-corrected chi connectivity index (χ2v) is 5.60. The number of carbonyl (C=O) groups is 1. The first-order valence-electron chi connectivity index (χ1n) is 7.31. The average Bonchev–Trinajstić information content (AvgIpc) is 2.50. The first-order valence-corrected chi connectivity index (χ1v) is 7.85. The highest BCUT2D eigenvalue weighted by Gasteiger charge is 2.27. The molecule has 1 aromatic carbocycles. The van der Waals surface area contributed by atoms with Crippen molar-refractivity contribution in [3.63, 3.8) is 0 Å². The number of ether oxygens (including phenoxy) is 1. The zero-order chi connectivity index (χ0) is 14.4. The molecule has 2 atom stereocenters. The molecule has 0 radical (unpaired) electrons. The molecule has 0 aliphatic carbocycles. The van der Waals surface area contributed by atoms with Crippen molar-refractivity contribution in [2.24, 2.45) is 5.92 Å². The fourth-order valence-electron chi connectivity index (χ4n) is 2.59. The van der Waals surface area contributed by atoms with Crippen LogP contribution in [-0.4, -0.2) is 24.9 Å². The predicted octanol–water partition coefficient (Wildman–Crippen LogP) is 3.32. The summed E-state index contributed by atoms with van der Waals surface area (Å²) in [6.07, 6.45) is 2.73. The van der Waals surface area contributed by atoms with Gasteiger partial charge in [-0.05, 0) is 24.8 Å². The van der Waals surface area contributed by atoms with Crippen molar-refractivity contribution in [2.45, 2.75) is 32.1 Å². The van der Waals surface area contributed by atoms with E-state index in [1.165, 1.54) is 0 Å². The van der Waals surface area contributed by atoms with Crippen LogP contribution in [0.1, 0.15) is 37.7 Å². The zero-order valence-electron chi connectivity index (χ0n) is 11.9. The van der Waals surface area contributed by atoms with E-state index in [-0.39, 0.29) is 11.8 Å². The number of benzene rings is 1. The lowest BCUT2D eigenvalue weighted by Crippen LogP contribution is -2.35. The molecule has 1 aromatic rings. The maximum atomic E-state index is 12.4. The molecule has 1 heterocycles. The third kappa shape index (κ3) is 3.66. The molecular formula is C16H22ClNO2. The van der Waals surface area contributed by atoms with Crippen molar-refractivity contribution in [1.82, 2.24) is 5.32 Å². The minimum Gasteiger partial charge on any atom is -0.493 e. The largest absolute Gasteiger partial charge is 0.493 e. The Labute approximate surface area is 125 Å². The molecule has 2 unspecified atom stereocenters. The second-order valence-electron chi connectivity index (χ2n) is 5.22. The Kier molecular flexibility index (Phi) is 5.72. The average molecular weight is 296 g/mol. The number of rotatable bonds is 6. The van der Waals surface area contributed by atoms with E-state index in [9.17, 15) is 4.79 Å². The Morgan fingerprint density at radius 3 is 3.05 bits per heavy atom. The summed E-state index contributed by atoms with van der Waals surface area (Å²) < 4.78 is 5.59. The van der Waals surface area contributed by atoms with E-state index in [2.05, 4.69) is 12.2 Å². The minimum atomic E-state index is -0.0894. The van der Waals surface area contributed by atoms with Crippen molar-refractivity contribution >= 4 is 17.5 Å². The molecule has 110 valence electrons. The van der Waals surface area contributed by atoms with Crippen LogP contribution in [0.4, 0.5) is 0 Å². The van der Waals surface area contributed by atoms with Crippen molar-refractivity contribution < 1.29 is 9.53 Å². The van der Waals surface area contributed by atoms with Crippen LogP contribution in [-0.2, 0) is 4.79 Å². The minimum absolute atomic E-state index is 0.0894. The lowest BCUT2D eigenvalue weighted by molar-refractivity contribution is -0.123.